The van der Waals surface area contributed by atoms with Crippen molar-refractivity contribution < 1.29 is 19.4 Å². The molecular weight excluding hydrogens is 272 g/mol. The molecule has 2 amide bonds. The van der Waals surface area contributed by atoms with E-state index in [2.05, 4.69) is 0 Å². The Labute approximate surface area is 123 Å². The van der Waals surface area contributed by atoms with Gasteiger partial charge in [-0.2, -0.15) is 0 Å². The van der Waals surface area contributed by atoms with Crippen LogP contribution >= 0.6 is 0 Å². The van der Waals surface area contributed by atoms with Gasteiger partial charge in [0.2, 0.25) is 6.23 Å². The monoisotopic (exact) mass is 290 g/mol. The molecule has 1 unspecified atom stereocenters. The van der Waals surface area contributed by atoms with E-state index in [0.717, 1.165) is 6.42 Å². The quantitative estimate of drug-likeness (QED) is 0.925. The van der Waals surface area contributed by atoms with Crippen molar-refractivity contribution >= 4 is 12.0 Å². The molecule has 6 nitrogen and oxygen atoms in total. The first kappa shape index (κ1) is 14.9. The number of ether oxygens (including phenoxy) is 1. The molecule has 1 N–H and O–H groups in total. The van der Waals surface area contributed by atoms with Crippen LogP contribution in [0, 0.1) is 0 Å². The number of rotatable bonds is 4. The topological polar surface area (TPSA) is 70.1 Å². The van der Waals surface area contributed by atoms with Gasteiger partial charge in [-0.25, -0.2) is 9.59 Å². The molecule has 0 saturated carbocycles. The second-order valence-corrected chi connectivity index (χ2v) is 4.82. The molecule has 112 valence electrons. The van der Waals surface area contributed by atoms with E-state index in [0.29, 0.717) is 12.1 Å². The molecule has 0 aromatic heterocycles. The Hall–Kier alpha value is -2.50. The van der Waals surface area contributed by atoms with Gasteiger partial charge in [0.1, 0.15) is 6.26 Å². The third-order valence-electron chi connectivity index (χ3n) is 3.21. The van der Waals surface area contributed by atoms with Crippen molar-refractivity contribution in [2.45, 2.75) is 19.6 Å². The van der Waals surface area contributed by atoms with Crippen molar-refractivity contribution in [3.05, 3.63) is 47.9 Å². The SMILES string of the molecule is CCCN(C)C(=O)N1C=COC1c1cccc(C(=O)O)c1. The summed E-state index contributed by atoms with van der Waals surface area (Å²) in [4.78, 5) is 26.4. The van der Waals surface area contributed by atoms with Crippen molar-refractivity contribution in [2.75, 3.05) is 13.6 Å². The summed E-state index contributed by atoms with van der Waals surface area (Å²) in [5, 5.41) is 9.04. The molecule has 2 rings (SSSR count). The number of carboxylic acids is 1. The van der Waals surface area contributed by atoms with E-state index in [1.54, 1.807) is 30.3 Å². The minimum atomic E-state index is -1.01. The second kappa shape index (κ2) is 6.30. The highest BCUT2D eigenvalue weighted by Crippen LogP contribution is 2.29. The predicted molar refractivity (Wildman–Crippen MR) is 76.5 cm³/mol. The maximum atomic E-state index is 12.3. The van der Waals surface area contributed by atoms with E-state index in [1.165, 1.54) is 23.3 Å². The number of carbonyl (C=O) groups is 2. The van der Waals surface area contributed by atoms with Crippen LogP contribution in [0.2, 0.25) is 0 Å². The van der Waals surface area contributed by atoms with Crippen LogP contribution in [0.15, 0.2) is 36.7 Å². The number of hydrogen-bond donors (Lipinski definition) is 1. The molecule has 0 saturated heterocycles. The smallest absolute Gasteiger partial charge is 0.335 e. The van der Waals surface area contributed by atoms with E-state index in [-0.39, 0.29) is 11.6 Å². The maximum Gasteiger partial charge on any atom is 0.335 e. The molecule has 0 radical (unpaired) electrons. The Bertz CT molecular complexity index is 571. The largest absolute Gasteiger partial charge is 0.478 e. The first-order valence-corrected chi connectivity index (χ1v) is 6.73. The normalized spacial score (nSPS) is 16.7. The van der Waals surface area contributed by atoms with Crippen molar-refractivity contribution in [1.29, 1.82) is 0 Å². The summed E-state index contributed by atoms with van der Waals surface area (Å²) in [5.74, 6) is -1.01. The number of urea groups is 1. The number of amides is 2. The minimum absolute atomic E-state index is 0.164. The highest BCUT2D eigenvalue weighted by Gasteiger charge is 2.30. The molecule has 21 heavy (non-hydrogen) atoms. The van der Waals surface area contributed by atoms with Crippen molar-refractivity contribution in [3.63, 3.8) is 0 Å². The van der Waals surface area contributed by atoms with Crippen LogP contribution in [0.5, 0.6) is 0 Å². The zero-order chi connectivity index (χ0) is 15.4. The fourth-order valence-corrected chi connectivity index (χ4v) is 2.18. The lowest BCUT2D eigenvalue weighted by molar-refractivity contribution is 0.0631. The van der Waals surface area contributed by atoms with Crippen molar-refractivity contribution in [3.8, 4) is 0 Å². The summed E-state index contributed by atoms with van der Waals surface area (Å²) >= 11 is 0. The van der Waals surface area contributed by atoms with Gasteiger partial charge >= 0.3 is 12.0 Å². The Morgan fingerprint density at radius 1 is 1.43 bits per heavy atom. The number of aromatic carboxylic acids is 1. The third kappa shape index (κ3) is 3.16. The lowest BCUT2D eigenvalue weighted by atomic mass is 10.1. The summed E-state index contributed by atoms with van der Waals surface area (Å²) in [5.41, 5.74) is 0.787. The highest BCUT2D eigenvalue weighted by atomic mass is 16.5. The molecule has 1 heterocycles. The lowest BCUT2D eigenvalue weighted by Crippen LogP contribution is -2.39. The average molecular weight is 290 g/mol. The summed E-state index contributed by atoms with van der Waals surface area (Å²) < 4.78 is 5.44. The molecule has 6 heteroatoms. The Morgan fingerprint density at radius 2 is 2.19 bits per heavy atom. The third-order valence-corrected chi connectivity index (χ3v) is 3.21. The van der Waals surface area contributed by atoms with Crippen LogP contribution < -0.4 is 0 Å². The lowest BCUT2D eigenvalue weighted by Gasteiger charge is -2.27. The van der Waals surface area contributed by atoms with Crippen LogP contribution in [0.3, 0.4) is 0 Å². The molecule has 1 aromatic rings. The standard InChI is InChI=1S/C15H18N2O4/c1-3-7-16(2)15(20)17-8-9-21-13(17)11-5-4-6-12(10-11)14(18)19/h4-6,8-10,13H,3,7H2,1-2H3,(H,18,19). The average Bonchev–Trinajstić information content (AvgIpc) is 2.96. The van der Waals surface area contributed by atoms with Gasteiger partial charge < -0.3 is 14.7 Å². The fraction of sp³-hybridized carbons (Fsp3) is 0.333. The maximum absolute atomic E-state index is 12.3. The van der Waals surface area contributed by atoms with Gasteiger partial charge in [-0.15, -0.1) is 0 Å². The van der Waals surface area contributed by atoms with Gasteiger partial charge in [-0.05, 0) is 18.6 Å². The molecule has 1 aliphatic rings. The van der Waals surface area contributed by atoms with Crippen molar-refractivity contribution in [1.82, 2.24) is 9.80 Å². The van der Waals surface area contributed by atoms with Gasteiger partial charge in [-0.1, -0.05) is 19.1 Å². The Morgan fingerprint density at radius 3 is 2.86 bits per heavy atom. The fourth-order valence-electron chi connectivity index (χ4n) is 2.18. The van der Waals surface area contributed by atoms with E-state index in [4.69, 9.17) is 9.84 Å². The Kier molecular flexibility index (Phi) is 4.47. The zero-order valence-electron chi connectivity index (χ0n) is 12.0. The van der Waals surface area contributed by atoms with E-state index >= 15 is 0 Å². The summed E-state index contributed by atoms with van der Waals surface area (Å²) in [6, 6.07) is 6.21. The molecule has 0 aliphatic carbocycles. The summed E-state index contributed by atoms with van der Waals surface area (Å²) in [6.45, 7) is 2.64. The van der Waals surface area contributed by atoms with Crippen LogP contribution in [0.25, 0.3) is 0 Å². The van der Waals surface area contributed by atoms with Crippen LogP contribution in [0.1, 0.15) is 35.5 Å². The zero-order valence-corrected chi connectivity index (χ0v) is 12.0. The number of carboxylic acid groups (broad SMARTS) is 1. The summed E-state index contributed by atoms with van der Waals surface area (Å²) in [7, 11) is 1.72. The van der Waals surface area contributed by atoms with E-state index in [1.807, 2.05) is 6.92 Å². The second-order valence-electron chi connectivity index (χ2n) is 4.82. The summed E-state index contributed by atoms with van der Waals surface area (Å²) in [6.07, 6.45) is 3.23. The van der Waals surface area contributed by atoms with Gasteiger partial charge in [0.15, 0.2) is 0 Å². The van der Waals surface area contributed by atoms with Gasteiger partial charge in [0.05, 0.1) is 5.56 Å². The number of hydrogen-bond acceptors (Lipinski definition) is 3. The Balaban J connectivity index is 2.21. The van der Waals surface area contributed by atoms with Crippen molar-refractivity contribution in [2.24, 2.45) is 0 Å². The molecule has 1 aliphatic heterocycles. The first-order valence-electron chi connectivity index (χ1n) is 6.73. The molecule has 0 bridgehead atoms. The first-order chi connectivity index (χ1) is 10.0. The van der Waals surface area contributed by atoms with Gasteiger partial charge in [-0.3, -0.25) is 4.90 Å². The van der Waals surface area contributed by atoms with Gasteiger partial charge in [0, 0.05) is 25.4 Å². The van der Waals surface area contributed by atoms with Crippen LogP contribution in [-0.4, -0.2) is 40.5 Å². The molecule has 1 aromatic carbocycles. The number of nitrogens with zero attached hydrogens (tertiary/aromatic N) is 2. The van der Waals surface area contributed by atoms with Crippen LogP contribution in [-0.2, 0) is 4.74 Å². The predicted octanol–water partition coefficient (Wildman–Crippen LogP) is 2.65. The molecular formula is C15H18N2O4. The van der Waals surface area contributed by atoms with Gasteiger partial charge in [0.25, 0.3) is 0 Å². The van der Waals surface area contributed by atoms with E-state index in [9.17, 15) is 9.59 Å². The molecule has 0 fully saturated rings. The minimum Gasteiger partial charge on any atom is -0.478 e. The number of benzene rings is 1. The highest BCUT2D eigenvalue weighted by molar-refractivity contribution is 5.87. The van der Waals surface area contributed by atoms with E-state index < -0.39 is 12.2 Å². The number of carbonyl (C=O) groups excluding carboxylic acids is 1. The van der Waals surface area contributed by atoms with Crippen LogP contribution in [0.4, 0.5) is 4.79 Å². The molecule has 1 atom stereocenters. The molecule has 0 spiro atoms.